The minimum Gasteiger partial charge on any atom is -0.491 e. The van der Waals surface area contributed by atoms with Gasteiger partial charge in [0.05, 0.1) is 13.2 Å². The number of nitrogens with one attached hydrogen (secondary N) is 1. The van der Waals surface area contributed by atoms with E-state index in [0.717, 1.165) is 18.7 Å². The van der Waals surface area contributed by atoms with Crippen LogP contribution in [0.2, 0.25) is 0 Å². The fourth-order valence-corrected chi connectivity index (χ4v) is 1.45. The third kappa shape index (κ3) is 8.37. The van der Waals surface area contributed by atoms with Crippen LogP contribution in [0, 0.1) is 0 Å². The first-order valence-electron chi connectivity index (χ1n) is 6.58. The second kappa shape index (κ2) is 10.6. The van der Waals surface area contributed by atoms with E-state index in [1.54, 1.807) is 0 Å². The van der Waals surface area contributed by atoms with Gasteiger partial charge >= 0.3 is 0 Å². The molecule has 0 amide bonds. The van der Waals surface area contributed by atoms with E-state index in [4.69, 9.17) is 9.47 Å². The molecule has 1 aromatic rings. The summed E-state index contributed by atoms with van der Waals surface area (Å²) in [6.07, 6.45) is 2.18. The summed E-state index contributed by atoms with van der Waals surface area (Å²) in [5.74, 6) is 0.773. The Bertz CT molecular complexity index is 329. The molecule has 0 aliphatic carbocycles. The average Bonchev–Trinajstić information content (AvgIpc) is 2.45. The van der Waals surface area contributed by atoms with Gasteiger partial charge in [0.1, 0.15) is 18.5 Å². The van der Waals surface area contributed by atoms with Gasteiger partial charge in [-0.05, 0) is 18.6 Å². The summed E-state index contributed by atoms with van der Waals surface area (Å²) in [6, 6.07) is 9.47. The quantitative estimate of drug-likeness (QED) is 0.471. The average molecular weight is 265 g/mol. The molecule has 0 saturated heterocycles. The zero-order valence-corrected chi connectivity index (χ0v) is 11.3. The van der Waals surface area contributed by atoms with E-state index in [-0.39, 0.29) is 6.61 Å². The van der Waals surface area contributed by atoms with Gasteiger partial charge < -0.3 is 19.9 Å². The molecular formula is C15H23NO3. The van der Waals surface area contributed by atoms with Crippen LogP contribution in [0.15, 0.2) is 43.0 Å². The van der Waals surface area contributed by atoms with Gasteiger partial charge in [0.25, 0.3) is 0 Å². The molecule has 0 saturated carbocycles. The van der Waals surface area contributed by atoms with Crippen LogP contribution in [-0.4, -0.2) is 44.1 Å². The second-order valence-corrected chi connectivity index (χ2v) is 4.17. The number of ether oxygens (including phenoxy) is 2. The number of para-hydroxylation sites is 1. The van der Waals surface area contributed by atoms with Crippen LogP contribution >= 0.6 is 0 Å². The van der Waals surface area contributed by atoms with E-state index in [1.165, 1.54) is 0 Å². The summed E-state index contributed by atoms with van der Waals surface area (Å²) >= 11 is 0. The van der Waals surface area contributed by atoms with Crippen molar-refractivity contribution in [2.24, 2.45) is 0 Å². The van der Waals surface area contributed by atoms with Crippen LogP contribution in [0.5, 0.6) is 5.75 Å². The highest BCUT2D eigenvalue weighted by molar-refractivity contribution is 5.20. The predicted molar refractivity (Wildman–Crippen MR) is 76.4 cm³/mol. The molecule has 4 heteroatoms. The van der Waals surface area contributed by atoms with Crippen LogP contribution in [0.3, 0.4) is 0 Å². The van der Waals surface area contributed by atoms with Gasteiger partial charge in [-0.1, -0.05) is 24.3 Å². The van der Waals surface area contributed by atoms with E-state index in [0.29, 0.717) is 19.8 Å². The first-order valence-corrected chi connectivity index (χ1v) is 6.58. The lowest BCUT2D eigenvalue weighted by Crippen LogP contribution is -2.33. The lowest BCUT2D eigenvalue weighted by atomic mass is 10.3. The van der Waals surface area contributed by atoms with E-state index in [2.05, 4.69) is 11.9 Å². The van der Waals surface area contributed by atoms with E-state index < -0.39 is 6.10 Å². The topological polar surface area (TPSA) is 50.7 Å². The van der Waals surface area contributed by atoms with E-state index >= 15 is 0 Å². The maximum absolute atomic E-state index is 9.71. The molecule has 1 aromatic carbocycles. The zero-order chi connectivity index (χ0) is 13.8. The van der Waals surface area contributed by atoms with Crippen LogP contribution in [0.4, 0.5) is 0 Å². The number of aliphatic hydroxyl groups excluding tert-OH is 1. The molecule has 106 valence electrons. The smallest absolute Gasteiger partial charge is 0.119 e. The van der Waals surface area contributed by atoms with Crippen LogP contribution in [0.25, 0.3) is 0 Å². The summed E-state index contributed by atoms with van der Waals surface area (Å²) in [5.41, 5.74) is 0. The predicted octanol–water partition coefficient (Wildman–Crippen LogP) is 1.61. The molecule has 2 N–H and O–H groups in total. The van der Waals surface area contributed by atoms with Crippen molar-refractivity contribution in [1.82, 2.24) is 5.32 Å². The van der Waals surface area contributed by atoms with Gasteiger partial charge in [-0.15, -0.1) is 6.58 Å². The number of hydrogen-bond acceptors (Lipinski definition) is 4. The Kier molecular flexibility index (Phi) is 8.72. The fourth-order valence-electron chi connectivity index (χ4n) is 1.45. The second-order valence-electron chi connectivity index (χ2n) is 4.17. The minimum atomic E-state index is -0.520. The monoisotopic (exact) mass is 265 g/mol. The minimum absolute atomic E-state index is 0.286. The lowest BCUT2D eigenvalue weighted by Gasteiger charge is -2.13. The number of benzene rings is 1. The molecule has 0 aliphatic heterocycles. The van der Waals surface area contributed by atoms with Crippen molar-refractivity contribution in [3.8, 4) is 5.75 Å². The van der Waals surface area contributed by atoms with Crippen molar-refractivity contribution in [2.75, 3.05) is 32.9 Å². The maximum Gasteiger partial charge on any atom is 0.119 e. The summed E-state index contributed by atoms with van der Waals surface area (Å²) < 4.78 is 10.8. The molecule has 0 spiro atoms. The highest BCUT2D eigenvalue weighted by atomic mass is 16.5. The fraction of sp³-hybridized carbons (Fsp3) is 0.467. The third-order valence-electron chi connectivity index (χ3n) is 2.46. The van der Waals surface area contributed by atoms with Gasteiger partial charge in [-0.3, -0.25) is 0 Å². The Labute approximate surface area is 115 Å². The lowest BCUT2D eigenvalue weighted by molar-refractivity contribution is 0.0993. The SMILES string of the molecule is C=CCCOCCNCC(O)COc1ccccc1. The van der Waals surface area contributed by atoms with Crippen molar-refractivity contribution < 1.29 is 14.6 Å². The highest BCUT2D eigenvalue weighted by Gasteiger charge is 2.04. The van der Waals surface area contributed by atoms with Gasteiger partial charge in [-0.2, -0.15) is 0 Å². The van der Waals surface area contributed by atoms with Crippen molar-refractivity contribution in [3.63, 3.8) is 0 Å². The van der Waals surface area contributed by atoms with Crippen molar-refractivity contribution in [3.05, 3.63) is 43.0 Å². The molecule has 1 rings (SSSR count). The Morgan fingerprint density at radius 1 is 1.26 bits per heavy atom. The van der Waals surface area contributed by atoms with Crippen LogP contribution in [-0.2, 0) is 4.74 Å². The molecule has 1 unspecified atom stereocenters. The number of rotatable bonds is 11. The van der Waals surface area contributed by atoms with Crippen LogP contribution in [0.1, 0.15) is 6.42 Å². The van der Waals surface area contributed by atoms with E-state index in [9.17, 15) is 5.11 Å². The first-order chi connectivity index (χ1) is 9.33. The van der Waals surface area contributed by atoms with Gasteiger partial charge in [-0.25, -0.2) is 0 Å². The van der Waals surface area contributed by atoms with Crippen molar-refractivity contribution in [2.45, 2.75) is 12.5 Å². The van der Waals surface area contributed by atoms with Crippen molar-refractivity contribution >= 4 is 0 Å². The number of aliphatic hydroxyl groups is 1. The standard InChI is InChI=1S/C15H23NO3/c1-2-3-10-18-11-9-16-12-14(17)13-19-15-7-5-4-6-8-15/h2,4-8,14,16-17H,1,3,9-13H2. The van der Waals surface area contributed by atoms with Gasteiger partial charge in [0.15, 0.2) is 0 Å². The molecule has 0 heterocycles. The molecule has 0 bridgehead atoms. The molecule has 1 atom stereocenters. The zero-order valence-electron chi connectivity index (χ0n) is 11.3. The Hall–Kier alpha value is -1.36. The molecule has 4 nitrogen and oxygen atoms in total. The molecular weight excluding hydrogens is 242 g/mol. The first kappa shape index (κ1) is 15.7. The Morgan fingerprint density at radius 3 is 2.79 bits per heavy atom. The molecule has 0 fully saturated rings. The highest BCUT2D eigenvalue weighted by Crippen LogP contribution is 2.08. The van der Waals surface area contributed by atoms with Crippen LogP contribution < -0.4 is 10.1 Å². The van der Waals surface area contributed by atoms with E-state index in [1.807, 2.05) is 36.4 Å². The van der Waals surface area contributed by atoms with Crippen molar-refractivity contribution in [1.29, 1.82) is 0 Å². The maximum atomic E-state index is 9.71. The normalized spacial score (nSPS) is 12.1. The van der Waals surface area contributed by atoms with Gasteiger partial charge in [0, 0.05) is 13.1 Å². The largest absolute Gasteiger partial charge is 0.491 e. The summed E-state index contributed by atoms with van der Waals surface area (Å²) in [4.78, 5) is 0. The number of hydrogen-bond donors (Lipinski definition) is 2. The van der Waals surface area contributed by atoms with Gasteiger partial charge in [0.2, 0.25) is 0 Å². The summed E-state index contributed by atoms with van der Waals surface area (Å²) in [5, 5.41) is 12.8. The molecule has 0 aromatic heterocycles. The summed E-state index contributed by atoms with van der Waals surface area (Å²) in [6.45, 7) is 6.46. The molecule has 0 radical (unpaired) electrons. The third-order valence-corrected chi connectivity index (χ3v) is 2.46. The Balaban J connectivity index is 1.96. The Morgan fingerprint density at radius 2 is 2.05 bits per heavy atom. The molecule has 0 aliphatic rings. The molecule has 19 heavy (non-hydrogen) atoms. The summed E-state index contributed by atoms with van der Waals surface area (Å²) in [7, 11) is 0.